The molecular formula is C29H33ClN2O3. The van der Waals surface area contributed by atoms with Gasteiger partial charge in [0.2, 0.25) is 5.91 Å². The molecule has 2 amide bonds. The van der Waals surface area contributed by atoms with Crippen molar-refractivity contribution in [1.82, 2.24) is 10.2 Å². The van der Waals surface area contributed by atoms with Crippen LogP contribution in [0.5, 0.6) is 5.75 Å². The Morgan fingerprint density at radius 3 is 2.37 bits per heavy atom. The van der Waals surface area contributed by atoms with Crippen molar-refractivity contribution < 1.29 is 14.3 Å². The molecule has 3 aromatic carbocycles. The molecule has 0 aliphatic heterocycles. The van der Waals surface area contributed by atoms with E-state index in [-0.39, 0.29) is 18.4 Å². The highest BCUT2D eigenvalue weighted by molar-refractivity contribution is 6.30. The Labute approximate surface area is 213 Å². The lowest BCUT2D eigenvalue weighted by Crippen LogP contribution is -2.52. The second kappa shape index (κ2) is 13.0. The average molecular weight is 493 g/mol. The molecule has 0 fully saturated rings. The van der Waals surface area contributed by atoms with Crippen molar-refractivity contribution in [2.24, 2.45) is 5.92 Å². The number of carbonyl (C=O) groups excluding carboxylic acids is 2. The summed E-state index contributed by atoms with van der Waals surface area (Å²) >= 11 is 6.06. The van der Waals surface area contributed by atoms with E-state index in [0.717, 1.165) is 16.7 Å². The van der Waals surface area contributed by atoms with E-state index in [1.165, 1.54) is 0 Å². The highest BCUT2D eigenvalue weighted by Gasteiger charge is 2.31. The van der Waals surface area contributed by atoms with Crippen LogP contribution in [-0.4, -0.2) is 35.9 Å². The van der Waals surface area contributed by atoms with Crippen molar-refractivity contribution in [2.75, 3.05) is 13.2 Å². The van der Waals surface area contributed by atoms with Gasteiger partial charge in [0, 0.05) is 24.5 Å². The van der Waals surface area contributed by atoms with Gasteiger partial charge in [-0.25, -0.2) is 0 Å². The van der Waals surface area contributed by atoms with Gasteiger partial charge >= 0.3 is 0 Å². The highest BCUT2D eigenvalue weighted by Crippen LogP contribution is 2.20. The quantitative estimate of drug-likeness (QED) is 0.387. The molecule has 0 saturated carbocycles. The van der Waals surface area contributed by atoms with Gasteiger partial charge in [0.15, 0.2) is 6.61 Å². The molecule has 0 bridgehead atoms. The molecule has 3 rings (SSSR count). The van der Waals surface area contributed by atoms with Crippen molar-refractivity contribution >= 4 is 23.4 Å². The molecule has 0 aliphatic carbocycles. The Balaban J connectivity index is 1.91. The minimum absolute atomic E-state index is 0.174. The molecule has 3 aromatic rings. The Bertz CT molecular complexity index is 1120. The van der Waals surface area contributed by atoms with Crippen LogP contribution in [-0.2, 0) is 22.6 Å². The smallest absolute Gasteiger partial charge is 0.261 e. The molecule has 6 heteroatoms. The largest absolute Gasteiger partial charge is 0.484 e. The fraction of sp³-hybridized carbons (Fsp3) is 0.310. The molecule has 5 nitrogen and oxygen atoms in total. The topological polar surface area (TPSA) is 58.6 Å². The molecule has 1 N–H and O–H groups in total. The van der Waals surface area contributed by atoms with Crippen molar-refractivity contribution in [3.05, 3.63) is 101 Å². The van der Waals surface area contributed by atoms with Crippen LogP contribution in [0, 0.1) is 12.8 Å². The number of amides is 2. The first kappa shape index (κ1) is 26.3. The number of rotatable bonds is 11. The summed E-state index contributed by atoms with van der Waals surface area (Å²) in [5.74, 6) is 0.356. The zero-order valence-electron chi connectivity index (χ0n) is 20.5. The summed E-state index contributed by atoms with van der Waals surface area (Å²) < 4.78 is 5.77. The number of carbonyl (C=O) groups is 2. The third-order valence-corrected chi connectivity index (χ3v) is 5.95. The number of nitrogens with zero attached hydrogens (tertiary/aromatic N) is 1. The first-order chi connectivity index (χ1) is 16.8. The number of aryl methyl sites for hydroxylation is 1. The average Bonchev–Trinajstić information content (AvgIpc) is 2.85. The SMILES string of the molecule is Cc1ccccc1CN(C(=O)COc1cccc(Cl)c1)C(Cc1ccccc1)C(=O)NCC(C)C. The lowest BCUT2D eigenvalue weighted by Gasteiger charge is -2.32. The van der Waals surface area contributed by atoms with Gasteiger partial charge in [-0.1, -0.05) is 86.1 Å². The van der Waals surface area contributed by atoms with E-state index in [1.54, 1.807) is 29.2 Å². The normalized spacial score (nSPS) is 11.7. The van der Waals surface area contributed by atoms with Gasteiger partial charge in [0.1, 0.15) is 11.8 Å². The number of ether oxygens (including phenoxy) is 1. The fourth-order valence-electron chi connectivity index (χ4n) is 3.73. The van der Waals surface area contributed by atoms with E-state index in [4.69, 9.17) is 16.3 Å². The van der Waals surface area contributed by atoms with Gasteiger partial charge in [0.25, 0.3) is 5.91 Å². The Morgan fingerprint density at radius 1 is 0.971 bits per heavy atom. The number of nitrogens with one attached hydrogen (secondary N) is 1. The monoisotopic (exact) mass is 492 g/mol. The third-order valence-electron chi connectivity index (χ3n) is 5.72. The first-order valence-electron chi connectivity index (χ1n) is 11.9. The van der Waals surface area contributed by atoms with E-state index in [1.807, 2.05) is 75.4 Å². The molecule has 0 radical (unpaired) electrons. The molecule has 1 atom stereocenters. The van der Waals surface area contributed by atoms with E-state index in [0.29, 0.717) is 36.2 Å². The summed E-state index contributed by atoms with van der Waals surface area (Å²) in [7, 11) is 0. The standard InChI is InChI=1S/C29H33ClN2O3/c1-21(2)18-31-29(34)27(16-23-11-5-4-6-12-23)32(19-24-13-8-7-10-22(24)3)28(33)20-35-26-15-9-14-25(30)17-26/h4-15,17,21,27H,16,18-20H2,1-3H3,(H,31,34). The summed E-state index contributed by atoms with van der Waals surface area (Å²) in [5.41, 5.74) is 3.02. The van der Waals surface area contributed by atoms with Crippen LogP contribution in [0.1, 0.15) is 30.5 Å². The zero-order chi connectivity index (χ0) is 25.2. The van der Waals surface area contributed by atoms with Crippen LogP contribution in [0.4, 0.5) is 0 Å². The van der Waals surface area contributed by atoms with Gasteiger partial charge in [-0.2, -0.15) is 0 Å². The van der Waals surface area contributed by atoms with Crippen molar-refractivity contribution in [2.45, 2.75) is 39.8 Å². The summed E-state index contributed by atoms with van der Waals surface area (Å²) in [5, 5.41) is 3.56. The number of halogens is 1. The van der Waals surface area contributed by atoms with E-state index in [2.05, 4.69) is 5.32 Å². The number of benzene rings is 3. The van der Waals surface area contributed by atoms with Crippen LogP contribution in [0.25, 0.3) is 0 Å². The van der Waals surface area contributed by atoms with Crippen molar-refractivity contribution in [1.29, 1.82) is 0 Å². The molecule has 184 valence electrons. The van der Waals surface area contributed by atoms with Gasteiger partial charge in [-0.05, 0) is 47.7 Å². The molecule has 0 aliphatic rings. The minimum Gasteiger partial charge on any atom is -0.484 e. The van der Waals surface area contributed by atoms with Crippen LogP contribution in [0.3, 0.4) is 0 Å². The second-order valence-electron chi connectivity index (χ2n) is 9.04. The number of hydrogen-bond acceptors (Lipinski definition) is 3. The molecule has 0 saturated heterocycles. The second-order valence-corrected chi connectivity index (χ2v) is 9.48. The Morgan fingerprint density at radius 2 is 1.69 bits per heavy atom. The molecule has 0 aromatic heterocycles. The predicted octanol–water partition coefficient (Wildman–Crippen LogP) is 5.44. The Hall–Kier alpha value is -3.31. The fourth-order valence-corrected chi connectivity index (χ4v) is 3.91. The summed E-state index contributed by atoms with van der Waals surface area (Å²) in [6, 6.07) is 23.9. The number of hydrogen-bond donors (Lipinski definition) is 1. The van der Waals surface area contributed by atoms with Gasteiger partial charge in [-0.15, -0.1) is 0 Å². The molecule has 35 heavy (non-hydrogen) atoms. The lowest BCUT2D eigenvalue weighted by molar-refractivity contribution is -0.142. The summed E-state index contributed by atoms with van der Waals surface area (Å²) in [6.07, 6.45) is 0.402. The first-order valence-corrected chi connectivity index (χ1v) is 12.2. The summed E-state index contributed by atoms with van der Waals surface area (Å²) in [6.45, 7) is 6.73. The lowest BCUT2D eigenvalue weighted by atomic mass is 10.0. The van der Waals surface area contributed by atoms with Crippen LogP contribution in [0.2, 0.25) is 5.02 Å². The molecule has 0 heterocycles. The van der Waals surface area contributed by atoms with Gasteiger partial charge in [-0.3, -0.25) is 9.59 Å². The molecular weight excluding hydrogens is 460 g/mol. The van der Waals surface area contributed by atoms with Crippen LogP contribution < -0.4 is 10.1 Å². The van der Waals surface area contributed by atoms with Crippen LogP contribution >= 0.6 is 11.6 Å². The predicted molar refractivity (Wildman–Crippen MR) is 140 cm³/mol. The van der Waals surface area contributed by atoms with E-state index in [9.17, 15) is 9.59 Å². The third kappa shape index (κ3) is 8.15. The van der Waals surface area contributed by atoms with Crippen molar-refractivity contribution in [3.8, 4) is 5.75 Å². The molecule has 1 unspecified atom stereocenters. The Kier molecular flexibility index (Phi) is 9.74. The maximum Gasteiger partial charge on any atom is 0.261 e. The summed E-state index contributed by atoms with van der Waals surface area (Å²) in [4.78, 5) is 28.6. The maximum absolute atomic E-state index is 13.6. The van der Waals surface area contributed by atoms with Crippen LogP contribution in [0.15, 0.2) is 78.9 Å². The van der Waals surface area contributed by atoms with E-state index < -0.39 is 6.04 Å². The maximum atomic E-state index is 13.6. The van der Waals surface area contributed by atoms with Crippen molar-refractivity contribution in [3.63, 3.8) is 0 Å². The van der Waals surface area contributed by atoms with Gasteiger partial charge < -0.3 is 15.0 Å². The van der Waals surface area contributed by atoms with E-state index >= 15 is 0 Å². The zero-order valence-corrected chi connectivity index (χ0v) is 21.3. The highest BCUT2D eigenvalue weighted by atomic mass is 35.5. The van der Waals surface area contributed by atoms with Gasteiger partial charge in [0.05, 0.1) is 0 Å². The molecule has 0 spiro atoms. The minimum atomic E-state index is -0.689.